The highest BCUT2D eigenvalue weighted by Crippen LogP contribution is 2.61. The van der Waals surface area contributed by atoms with Crippen LogP contribution in [0.5, 0.6) is 0 Å². The van der Waals surface area contributed by atoms with Crippen LogP contribution in [0.25, 0.3) is 71.2 Å². The van der Waals surface area contributed by atoms with Gasteiger partial charge < -0.3 is 4.57 Å². The summed E-state index contributed by atoms with van der Waals surface area (Å²) in [5.74, 6) is 0. The molecule has 0 N–H and O–H groups in total. The average Bonchev–Trinajstić information content (AvgIpc) is 3.58. The Labute approximate surface area is 252 Å². The van der Waals surface area contributed by atoms with Gasteiger partial charge in [0.15, 0.2) is 0 Å². The number of fused-ring (bicyclic) bond motifs is 18. The molecular weight excluding hydrogens is 534 g/mol. The third kappa shape index (κ3) is 2.45. The standard InChI is InChI=1S/C41H23N3/c1-2-13-27-24(10-1)29-22-30-28-14-9-18-35-40(28)44(37(30)23-31(29)39-38(27)42-20-21-43-39)36-19-8-7-17-34(36)41(35)32-15-5-3-11-25(32)26-12-4-6-16-33(26)41/h1-23H. The summed E-state index contributed by atoms with van der Waals surface area (Å²) in [6.45, 7) is 0. The van der Waals surface area contributed by atoms with Gasteiger partial charge in [0.2, 0.25) is 0 Å². The van der Waals surface area contributed by atoms with Crippen LogP contribution in [-0.2, 0) is 5.41 Å². The van der Waals surface area contributed by atoms with Crippen molar-refractivity contribution < 1.29 is 0 Å². The molecule has 0 saturated heterocycles. The van der Waals surface area contributed by atoms with Gasteiger partial charge in [-0.25, -0.2) is 0 Å². The zero-order chi connectivity index (χ0) is 28.6. The van der Waals surface area contributed by atoms with Crippen molar-refractivity contribution in [3.05, 3.63) is 162 Å². The molecule has 9 aromatic rings. The highest BCUT2D eigenvalue weighted by Gasteiger charge is 2.50. The SMILES string of the molecule is c1ccc2c(c1)-c1ccccc1C21c2ccccc2-n2c3cc4c(cc3c3cccc1c32)c1ccccc1c1nccnc41. The summed E-state index contributed by atoms with van der Waals surface area (Å²) >= 11 is 0. The first-order valence-electron chi connectivity index (χ1n) is 15.2. The summed E-state index contributed by atoms with van der Waals surface area (Å²) in [5, 5.41) is 7.23. The summed E-state index contributed by atoms with van der Waals surface area (Å²) in [5.41, 5.74) is 13.2. The van der Waals surface area contributed by atoms with Gasteiger partial charge in [-0.05, 0) is 62.4 Å². The fourth-order valence-corrected chi connectivity index (χ4v) is 8.69. The van der Waals surface area contributed by atoms with Crippen molar-refractivity contribution in [1.82, 2.24) is 14.5 Å². The van der Waals surface area contributed by atoms with Crippen LogP contribution in [0.3, 0.4) is 0 Å². The quantitative estimate of drug-likeness (QED) is 0.174. The van der Waals surface area contributed by atoms with E-state index in [0.717, 1.165) is 21.8 Å². The second kappa shape index (κ2) is 7.77. The van der Waals surface area contributed by atoms with Crippen LogP contribution >= 0.6 is 0 Å². The lowest BCUT2D eigenvalue weighted by Crippen LogP contribution is -2.33. The molecule has 202 valence electrons. The second-order valence-corrected chi connectivity index (χ2v) is 12.1. The van der Waals surface area contributed by atoms with Gasteiger partial charge in [-0.2, -0.15) is 0 Å². The van der Waals surface area contributed by atoms with Gasteiger partial charge in [-0.3, -0.25) is 9.97 Å². The number of aromatic nitrogens is 3. The molecule has 0 bridgehead atoms. The largest absolute Gasteiger partial charge is 0.309 e. The molecule has 0 atom stereocenters. The Balaban J connectivity index is 1.40. The molecule has 3 nitrogen and oxygen atoms in total. The molecule has 2 aliphatic rings. The molecule has 1 spiro atoms. The van der Waals surface area contributed by atoms with E-state index in [1.165, 1.54) is 71.6 Å². The number of benzene rings is 7. The normalized spacial score (nSPS) is 14.1. The molecule has 11 rings (SSSR count). The van der Waals surface area contributed by atoms with Crippen molar-refractivity contribution >= 4 is 54.4 Å². The molecule has 0 saturated carbocycles. The van der Waals surface area contributed by atoms with Crippen LogP contribution in [-0.4, -0.2) is 14.5 Å². The van der Waals surface area contributed by atoms with E-state index in [1.54, 1.807) is 6.20 Å². The molecule has 0 amide bonds. The molecule has 1 aliphatic heterocycles. The molecule has 0 fully saturated rings. The Morgan fingerprint density at radius 3 is 1.80 bits per heavy atom. The Morgan fingerprint density at radius 2 is 1.02 bits per heavy atom. The van der Waals surface area contributed by atoms with Gasteiger partial charge in [0.05, 0.1) is 33.2 Å². The predicted molar refractivity (Wildman–Crippen MR) is 180 cm³/mol. The number of hydrogen-bond donors (Lipinski definition) is 0. The molecular formula is C41H23N3. The van der Waals surface area contributed by atoms with E-state index in [0.29, 0.717) is 0 Å². The van der Waals surface area contributed by atoms with E-state index >= 15 is 0 Å². The van der Waals surface area contributed by atoms with Crippen LogP contribution in [0.1, 0.15) is 22.3 Å². The summed E-state index contributed by atoms with van der Waals surface area (Å²) in [4.78, 5) is 9.70. The minimum absolute atomic E-state index is 0.405. The van der Waals surface area contributed by atoms with Gasteiger partial charge >= 0.3 is 0 Å². The number of nitrogens with zero attached hydrogens (tertiary/aromatic N) is 3. The molecule has 2 aromatic heterocycles. The third-order valence-electron chi connectivity index (χ3n) is 10.3. The average molecular weight is 558 g/mol. The lowest BCUT2D eigenvalue weighted by molar-refractivity contribution is 0.748. The zero-order valence-corrected chi connectivity index (χ0v) is 23.6. The van der Waals surface area contributed by atoms with Gasteiger partial charge in [0, 0.05) is 33.9 Å². The maximum Gasteiger partial charge on any atom is 0.0972 e. The predicted octanol–water partition coefficient (Wildman–Crippen LogP) is 9.71. The smallest absolute Gasteiger partial charge is 0.0972 e. The molecule has 7 aromatic carbocycles. The molecule has 3 heterocycles. The van der Waals surface area contributed by atoms with Crippen molar-refractivity contribution in [3.8, 4) is 16.8 Å². The van der Waals surface area contributed by atoms with Crippen LogP contribution in [0.2, 0.25) is 0 Å². The minimum Gasteiger partial charge on any atom is -0.309 e. The van der Waals surface area contributed by atoms with E-state index in [9.17, 15) is 0 Å². The molecule has 0 unspecified atom stereocenters. The van der Waals surface area contributed by atoms with Gasteiger partial charge in [-0.15, -0.1) is 0 Å². The van der Waals surface area contributed by atoms with Crippen molar-refractivity contribution in [1.29, 1.82) is 0 Å². The Morgan fingerprint density at radius 1 is 0.432 bits per heavy atom. The summed E-state index contributed by atoms with van der Waals surface area (Å²) in [7, 11) is 0. The summed E-state index contributed by atoms with van der Waals surface area (Å²) in [6, 6.07) is 47.3. The first-order chi connectivity index (χ1) is 21.9. The highest BCUT2D eigenvalue weighted by molar-refractivity contribution is 6.27. The van der Waals surface area contributed by atoms with E-state index in [1.807, 2.05) is 6.20 Å². The topological polar surface area (TPSA) is 30.7 Å². The number of para-hydroxylation sites is 2. The molecule has 44 heavy (non-hydrogen) atoms. The summed E-state index contributed by atoms with van der Waals surface area (Å²) < 4.78 is 2.51. The van der Waals surface area contributed by atoms with Crippen molar-refractivity contribution in [3.63, 3.8) is 0 Å². The maximum absolute atomic E-state index is 4.89. The van der Waals surface area contributed by atoms with E-state index in [4.69, 9.17) is 9.97 Å². The van der Waals surface area contributed by atoms with Gasteiger partial charge in [0.1, 0.15) is 0 Å². The first kappa shape index (κ1) is 22.8. The van der Waals surface area contributed by atoms with Crippen LogP contribution < -0.4 is 0 Å². The van der Waals surface area contributed by atoms with E-state index in [2.05, 4.69) is 132 Å². The van der Waals surface area contributed by atoms with Crippen LogP contribution in [0, 0.1) is 0 Å². The number of rotatable bonds is 0. The number of hydrogen-bond acceptors (Lipinski definition) is 2. The lowest BCUT2D eigenvalue weighted by Gasteiger charge is -2.39. The monoisotopic (exact) mass is 557 g/mol. The van der Waals surface area contributed by atoms with E-state index < -0.39 is 5.41 Å². The molecule has 3 heteroatoms. The third-order valence-corrected chi connectivity index (χ3v) is 10.3. The van der Waals surface area contributed by atoms with Gasteiger partial charge in [0.25, 0.3) is 0 Å². The Hall–Kier alpha value is -5.80. The highest BCUT2D eigenvalue weighted by atomic mass is 15.0. The fraction of sp³-hybridized carbons (Fsp3) is 0.0244. The Bertz CT molecular complexity index is 2690. The van der Waals surface area contributed by atoms with Crippen molar-refractivity contribution in [2.75, 3.05) is 0 Å². The van der Waals surface area contributed by atoms with Crippen LogP contribution in [0.4, 0.5) is 0 Å². The zero-order valence-electron chi connectivity index (χ0n) is 23.6. The van der Waals surface area contributed by atoms with Crippen molar-refractivity contribution in [2.45, 2.75) is 5.41 Å². The fourth-order valence-electron chi connectivity index (χ4n) is 8.69. The maximum atomic E-state index is 4.89. The first-order valence-corrected chi connectivity index (χ1v) is 15.2. The second-order valence-electron chi connectivity index (χ2n) is 12.1. The van der Waals surface area contributed by atoms with Crippen LogP contribution in [0.15, 0.2) is 140 Å². The van der Waals surface area contributed by atoms with E-state index in [-0.39, 0.29) is 0 Å². The van der Waals surface area contributed by atoms with Crippen molar-refractivity contribution in [2.24, 2.45) is 0 Å². The summed E-state index contributed by atoms with van der Waals surface area (Å²) in [6.07, 6.45) is 3.61. The van der Waals surface area contributed by atoms with Gasteiger partial charge in [-0.1, -0.05) is 109 Å². The lowest BCUT2D eigenvalue weighted by atomic mass is 9.65. The Kier molecular flexibility index (Phi) is 4.02. The molecule has 1 aliphatic carbocycles. The molecule has 0 radical (unpaired) electrons. The minimum atomic E-state index is -0.405.